The van der Waals surface area contributed by atoms with Crippen molar-refractivity contribution in [3.05, 3.63) is 65.7 Å². The molecule has 0 aliphatic rings. The summed E-state index contributed by atoms with van der Waals surface area (Å²) in [6.07, 6.45) is -0.787. The highest BCUT2D eigenvalue weighted by molar-refractivity contribution is 5.80. The number of hydrogen-bond acceptors (Lipinski definition) is 3. The molecule has 0 aliphatic heterocycles. The van der Waals surface area contributed by atoms with Crippen LogP contribution in [0.2, 0.25) is 0 Å². The van der Waals surface area contributed by atoms with Crippen molar-refractivity contribution in [2.24, 2.45) is 5.73 Å². The summed E-state index contributed by atoms with van der Waals surface area (Å²) in [5.74, 6) is 0.145. The molecule has 104 valence electrons. The Hall–Kier alpha value is -2.33. The van der Waals surface area contributed by atoms with Crippen LogP contribution in [0.1, 0.15) is 17.2 Å². The molecule has 0 fully saturated rings. The maximum atomic E-state index is 11.6. The van der Waals surface area contributed by atoms with Crippen LogP contribution in [0, 0.1) is 0 Å². The lowest BCUT2D eigenvalue weighted by atomic mass is 10.1. The van der Waals surface area contributed by atoms with Crippen molar-refractivity contribution in [1.29, 1.82) is 0 Å². The SMILES string of the molecule is COc1cccc(C(OCc2ccccc2)C(N)=O)c1. The van der Waals surface area contributed by atoms with E-state index in [4.69, 9.17) is 15.2 Å². The van der Waals surface area contributed by atoms with Gasteiger partial charge in [-0.2, -0.15) is 0 Å². The van der Waals surface area contributed by atoms with E-state index in [-0.39, 0.29) is 0 Å². The zero-order valence-corrected chi connectivity index (χ0v) is 11.3. The molecule has 0 saturated carbocycles. The Kier molecular flexibility index (Phi) is 4.74. The van der Waals surface area contributed by atoms with Gasteiger partial charge < -0.3 is 15.2 Å². The van der Waals surface area contributed by atoms with E-state index in [9.17, 15) is 4.79 Å². The molecule has 0 saturated heterocycles. The molecule has 20 heavy (non-hydrogen) atoms. The summed E-state index contributed by atoms with van der Waals surface area (Å²) in [7, 11) is 1.57. The van der Waals surface area contributed by atoms with E-state index in [0.29, 0.717) is 17.9 Å². The number of carbonyl (C=O) groups excluding carboxylic acids is 1. The van der Waals surface area contributed by atoms with Crippen LogP contribution in [0.3, 0.4) is 0 Å². The van der Waals surface area contributed by atoms with Crippen LogP contribution in [0.4, 0.5) is 0 Å². The summed E-state index contributed by atoms with van der Waals surface area (Å²) in [5, 5.41) is 0. The topological polar surface area (TPSA) is 61.6 Å². The smallest absolute Gasteiger partial charge is 0.251 e. The van der Waals surface area contributed by atoms with Gasteiger partial charge in [0.05, 0.1) is 13.7 Å². The second kappa shape index (κ2) is 6.73. The van der Waals surface area contributed by atoms with Crippen molar-refractivity contribution in [1.82, 2.24) is 0 Å². The van der Waals surface area contributed by atoms with Gasteiger partial charge in [-0.1, -0.05) is 42.5 Å². The van der Waals surface area contributed by atoms with Crippen LogP contribution in [0.25, 0.3) is 0 Å². The number of carbonyl (C=O) groups is 1. The molecule has 2 aromatic carbocycles. The number of nitrogens with two attached hydrogens (primary N) is 1. The minimum atomic E-state index is -0.787. The Labute approximate surface area is 118 Å². The predicted molar refractivity (Wildman–Crippen MR) is 76.2 cm³/mol. The molecular formula is C16H17NO3. The second-order valence-electron chi connectivity index (χ2n) is 4.36. The maximum absolute atomic E-state index is 11.6. The minimum absolute atomic E-state index is 0.325. The third-order valence-corrected chi connectivity index (χ3v) is 2.91. The summed E-state index contributed by atoms with van der Waals surface area (Å²) >= 11 is 0. The van der Waals surface area contributed by atoms with Crippen LogP contribution in [0.5, 0.6) is 5.75 Å². The van der Waals surface area contributed by atoms with Crippen molar-refractivity contribution in [3.63, 3.8) is 0 Å². The first-order valence-electron chi connectivity index (χ1n) is 6.29. The van der Waals surface area contributed by atoms with Crippen LogP contribution in [-0.2, 0) is 16.1 Å². The average Bonchev–Trinajstić information content (AvgIpc) is 2.48. The molecule has 2 aromatic rings. The maximum Gasteiger partial charge on any atom is 0.251 e. The van der Waals surface area contributed by atoms with Crippen LogP contribution in [-0.4, -0.2) is 13.0 Å². The molecule has 0 aromatic heterocycles. The quantitative estimate of drug-likeness (QED) is 0.877. The van der Waals surface area contributed by atoms with Crippen molar-refractivity contribution < 1.29 is 14.3 Å². The van der Waals surface area contributed by atoms with Crippen molar-refractivity contribution in [3.8, 4) is 5.75 Å². The van der Waals surface area contributed by atoms with E-state index in [0.717, 1.165) is 5.56 Å². The van der Waals surface area contributed by atoms with E-state index in [1.54, 1.807) is 31.4 Å². The molecule has 4 heteroatoms. The Balaban J connectivity index is 2.12. The first kappa shape index (κ1) is 14.1. The van der Waals surface area contributed by atoms with E-state index in [1.807, 2.05) is 30.3 Å². The lowest BCUT2D eigenvalue weighted by molar-refractivity contribution is -0.130. The standard InChI is InChI=1S/C16H17NO3/c1-19-14-9-5-8-13(10-14)15(16(17)18)20-11-12-6-3-2-4-7-12/h2-10,15H,11H2,1H3,(H2,17,18). The Morgan fingerprint density at radius 3 is 2.55 bits per heavy atom. The molecule has 0 aliphatic carbocycles. The summed E-state index contributed by atoms with van der Waals surface area (Å²) in [4.78, 5) is 11.6. The summed E-state index contributed by atoms with van der Waals surface area (Å²) in [6, 6.07) is 16.8. The number of methoxy groups -OCH3 is 1. The molecule has 0 radical (unpaired) electrons. The lowest BCUT2D eigenvalue weighted by Gasteiger charge is -2.15. The first-order valence-corrected chi connectivity index (χ1v) is 6.29. The number of primary amides is 1. The van der Waals surface area contributed by atoms with Crippen molar-refractivity contribution in [2.45, 2.75) is 12.7 Å². The van der Waals surface area contributed by atoms with E-state index in [2.05, 4.69) is 0 Å². The molecule has 0 spiro atoms. The van der Waals surface area contributed by atoms with Gasteiger partial charge in [0.15, 0.2) is 6.10 Å². The zero-order chi connectivity index (χ0) is 14.4. The van der Waals surface area contributed by atoms with E-state index >= 15 is 0 Å². The second-order valence-corrected chi connectivity index (χ2v) is 4.36. The first-order chi connectivity index (χ1) is 9.70. The van der Waals surface area contributed by atoms with Gasteiger partial charge in [-0.05, 0) is 23.3 Å². The third-order valence-electron chi connectivity index (χ3n) is 2.91. The number of rotatable bonds is 6. The molecule has 1 atom stereocenters. The van der Waals surface area contributed by atoms with Gasteiger partial charge in [0.2, 0.25) is 0 Å². The largest absolute Gasteiger partial charge is 0.497 e. The number of benzene rings is 2. The fourth-order valence-electron chi connectivity index (χ4n) is 1.90. The van der Waals surface area contributed by atoms with Gasteiger partial charge in [-0.15, -0.1) is 0 Å². The lowest BCUT2D eigenvalue weighted by Crippen LogP contribution is -2.23. The fraction of sp³-hybridized carbons (Fsp3) is 0.188. The molecule has 4 nitrogen and oxygen atoms in total. The van der Waals surface area contributed by atoms with Crippen LogP contribution >= 0.6 is 0 Å². The predicted octanol–water partition coefficient (Wildman–Crippen LogP) is 2.44. The minimum Gasteiger partial charge on any atom is -0.497 e. The van der Waals surface area contributed by atoms with E-state index in [1.165, 1.54) is 0 Å². The fourth-order valence-corrected chi connectivity index (χ4v) is 1.90. The van der Waals surface area contributed by atoms with Crippen LogP contribution < -0.4 is 10.5 Å². The van der Waals surface area contributed by atoms with Crippen molar-refractivity contribution in [2.75, 3.05) is 7.11 Å². The van der Waals surface area contributed by atoms with Gasteiger partial charge in [-0.25, -0.2) is 0 Å². The molecule has 1 unspecified atom stereocenters. The third kappa shape index (κ3) is 3.59. The highest BCUT2D eigenvalue weighted by Gasteiger charge is 2.19. The average molecular weight is 271 g/mol. The molecular weight excluding hydrogens is 254 g/mol. The Morgan fingerprint density at radius 2 is 1.90 bits per heavy atom. The van der Waals surface area contributed by atoms with E-state index < -0.39 is 12.0 Å². The highest BCUT2D eigenvalue weighted by Crippen LogP contribution is 2.23. The molecule has 1 amide bonds. The number of amides is 1. The van der Waals surface area contributed by atoms with Crippen LogP contribution in [0.15, 0.2) is 54.6 Å². The monoisotopic (exact) mass is 271 g/mol. The van der Waals surface area contributed by atoms with Gasteiger partial charge in [-0.3, -0.25) is 4.79 Å². The zero-order valence-electron chi connectivity index (χ0n) is 11.3. The molecule has 2 rings (SSSR count). The number of hydrogen-bond donors (Lipinski definition) is 1. The van der Waals surface area contributed by atoms with Gasteiger partial charge in [0.25, 0.3) is 5.91 Å². The summed E-state index contributed by atoms with van der Waals surface area (Å²) < 4.78 is 10.8. The van der Waals surface area contributed by atoms with Gasteiger partial charge >= 0.3 is 0 Å². The Morgan fingerprint density at radius 1 is 1.15 bits per heavy atom. The molecule has 0 heterocycles. The number of ether oxygens (including phenoxy) is 2. The summed E-state index contributed by atoms with van der Waals surface area (Å²) in [5.41, 5.74) is 7.10. The van der Waals surface area contributed by atoms with Gasteiger partial charge in [0, 0.05) is 0 Å². The van der Waals surface area contributed by atoms with Gasteiger partial charge in [0.1, 0.15) is 5.75 Å². The highest BCUT2D eigenvalue weighted by atomic mass is 16.5. The molecule has 0 bridgehead atoms. The van der Waals surface area contributed by atoms with Crippen molar-refractivity contribution >= 4 is 5.91 Å². The Bertz CT molecular complexity index is 569. The normalized spacial score (nSPS) is 11.8. The summed E-state index contributed by atoms with van der Waals surface area (Å²) in [6.45, 7) is 0.325. The molecule has 2 N–H and O–H groups in total.